The fraction of sp³-hybridized carbons (Fsp3) is 0.353. The maximum absolute atomic E-state index is 12.6. The summed E-state index contributed by atoms with van der Waals surface area (Å²) >= 11 is 0. The van der Waals surface area contributed by atoms with Crippen molar-refractivity contribution in [1.82, 2.24) is 14.9 Å². The number of anilines is 2. The van der Waals surface area contributed by atoms with Gasteiger partial charge in [0.2, 0.25) is 5.95 Å². The molecule has 0 saturated carbocycles. The predicted molar refractivity (Wildman–Crippen MR) is 90.9 cm³/mol. The number of aromatic nitrogens is 2. The molecule has 6 heteroatoms. The lowest BCUT2D eigenvalue weighted by molar-refractivity contribution is 0.0746. The third-order valence-electron chi connectivity index (χ3n) is 4.03. The maximum atomic E-state index is 12.6. The zero-order chi connectivity index (χ0) is 16.2. The number of amides is 1. The molecule has 3 rings (SSSR count). The summed E-state index contributed by atoms with van der Waals surface area (Å²) in [5.74, 6) is 0.818. The first-order valence-corrected chi connectivity index (χ1v) is 7.74. The van der Waals surface area contributed by atoms with E-state index in [4.69, 9.17) is 0 Å². The first-order chi connectivity index (χ1) is 11.1. The van der Waals surface area contributed by atoms with Gasteiger partial charge in [-0.3, -0.25) is 4.79 Å². The van der Waals surface area contributed by atoms with Crippen LogP contribution >= 0.6 is 0 Å². The summed E-state index contributed by atoms with van der Waals surface area (Å²) in [6.07, 6.45) is 3.48. The second-order valence-electron chi connectivity index (χ2n) is 5.77. The van der Waals surface area contributed by atoms with Crippen LogP contribution in [0.15, 0.2) is 42.7 Å². The number of carbonyl (C=O) groups is 1. The second kappa shape index (κ2) is 6.64. The molecule has 0 spiro atoms. The number of hydrogen-bond donors (Lipinski definition) is 0. The SMILES string of the molecule is CN(C)c1ccc(C(=O)N2CCN(c3ncccn3)CC2)cc1. The average molecular weight is 311 g/mol. The lowest BCUT2D eigenvalue weighted by Crippen LogP contribution is -2.49. The summed E-state index contributed by atoms with van der Waals surface area (Å²) in [7, 11) is 3.98. The van der Waals surface area contributed by atoms with Crippen molar-refractivity contribution in [3.63, 3.8) is 0 Å². The molecule has 1 aliphatic rings. The number of hydrogen-bond acceptors (Lipinski definition) is 5. The highest BCUT2D eigenvalue weighted by molar-refractivity contribution is 5.94. The highest BCUT2D eigenvalue weighted by Crippen LogP contribution is 2.16. The van der Waals surface area contributed by atoms with E-state index in [1.807, 2.05) is 48.2 Å². The third-order valence-corrected chi connectivity index (χ3v) is 4.03. The number of nitrogens with zero attached hydrogens (tertiary/aromatic N) is 5. The summed E-state index contributed by atoms with van der Waals surface area (Å²) in [5, 5.41) is 0. The molecule has 1 saturated heterocycles. The van der Waals surface area contributed by atoms with Crippen molar-refractivity contribution in [1.29, 1.82) is 0 Å². The van der Waals surface area contributed by atoms with Crippen molar-refractivity contribution in [3.05, 3.63) is 48.3 Å². The number of benzene rings is 1. The molecule has 2 heterocycles. The Balaban J connectivity index is 1.62. The Kier molecular flexibility index (Phi) is 4.41. The number of piperazine rings is 1. The minimum absolute atomic E-state index is 0.0870. The molecule has 0 N–H and O–H groups in total. The van der Waals surface area contributed by atoms with Gasteiger partial charge in [0.15, 0.2) is 0 Å². The van der Waals surface area contributed by atoms with Gasteiger partial charge in [0, 0.05) is 63.9 Å². The molecule has 1 aliphatic heterocycles. The van der Waals surface area contributed by atoms with Gasteiger partial charge in [0.25, 0.3) is 5.91 Å². The van der Waals surface area contributed by atoms with Crippen molar-refractivity contribution in [2.45, 2.75) is 0 Å². The van der Waals surface area contributed by atoms with Crippen molar-refractivity contribution < 1.29 is 4.79 Å². The molecule has 0 aliphatic carbocycles. The Hall–Kier alpha value is -2.63. The van der Waals surface area contributed by atoms with E-state index in [-0.39, 0.29) is 5.91 Å². The van der Waals surface area contributed by atoms with Crippen LogP contribution in [0.25, 0.3) is 0 Å². The first-order valence-electron chi connectivity index (χ1n) is 7.74. The molecule has 1 fully saturated rings. The molecule has 1 aromatic carbocycles. The highest BCUT2D eigenvalue weighted by Gasteiger charge is 2.23. The summed E-state index contributed by atoms with van der Waals surface area (Å²) in [6.45, 7) is 2.89. The van der Waals surface area contributed by atoms with E-state index in [2.05, 4.69) is 14.9 Å². The smallest absolute Gasteiger partial charge is 0.253 e. The number of carbonyl (C=O) groups excluding carboxylic acids is 1. The van der Waals surface area contributed by atoms with Crippen LogP contribution in [-0.4, -0.2) is 61.0 Å². The average Bonchev–Trinajstić information content (AvgIpc) is 2.62. The van der Waals surface area contributed by atoms with Crippen LogP contribution in [-0.2, 0) is 0 Å². The van der Waals surface area contributed by atoms with Crippen LogP contribution < -0.4 is 9.80 Å². The van der Waals surface area contributed by atoms with Crippen LogP contribution in [0.5, 0.6) is 0 Å². The van der Waals surface area contributed by atoms with Crippen LogP contribution in [0, 0.1) is 0 Å². The summed E-state index contributed by atoms with van der Waals surface area (Å²) in [5.41, 5.74) is 1.83. The Morgan fingerprint density at radius 3 is 2.17 bits per heavy atom. The van der Waals surface area contributed by atoms with E-state index in [0.29, 0.717) is 13.1 Å². The van der Waals surface area contributed by atoms with Crippen molar-refractivity contribution in [2.24, 2.45) is 0 Å². The van der Waals surface area contributed by atoms with E-state index >= 15 is 0 Å². The van der Waals surface area contributed by atoms with E-state index in [1.54, 1.807) is 18.5 Å². The molecule has 23 heavy (non-hydrogen) atoms. The van der Waals surface area contributed by atoms with Gasteiger partial charge in [0.1, 0.15) is 0 Å². The molecule has 120 valence electrons. The zero-order valence-electron chi connectivity index (χ0n) is 13.5. The Morgan fingerprint density at radius 2 is 1.61 bits per heavy atom. The standard InChI is InChI=1S/C17H21N5O/c1-20(2)15-6-4-14(5-7-15)16(23)21-10-12-22(13-11-21)17-18-8-3-9-19-17/h3-9H,10-13H2,1-2H3. The second-order valence-corrected chi connectivity index (χ2v) is 5.77. The van der Waals surface area contributed by atoms with Crippen LogP contribution in [0.3, 0.4) is 0 Å². The minimum atomic E-state index is 0.0870. The topological polar surface area (TPSA) is 52.6 Å². The number of rotatable bonds is 3. The largest absolute Gasteiger partial charge is 0.378 e. The fourth-order valence-electron chi connectivity index (χ4n) is 2.65. The van der Waals surface area contributed by atoms with E-state index in [0.717, 1.165) is 30.3 Å². The van der Waals surface area contributed by atoms with Gasteiger partial charge < -0.3 is 14.7 Å². The van der Waals surface area contributed by atoms with Gasteiger partial charge in [-0.2, -0.15) is 0 Å². The Morgan fingerprint density at radius 1 is 1.00 bits per heavy atom. The summed E-state index contributed by atoms with van der Waals surface area (Å²) in [6, 6.07) is 9.54. The Bertz CT molecular complexity index is 648. The van der Waals surface area contributed by atoms with Crippen LogP contribution in [0.2, 0.25) is 0 Å². The zero-order valence-corrected chi connectivity index (χ0v) is 13.5. The first kappa shape index (κ1) is 15.3. The maximum Gasteiger partial charge on any atom is 0.253 e. The molecule has 2 aromatic rings. The Labute approximate surface area is 136 Å². The van der Waals surface area contributed by atoms with Crippen molar-refractivity contribution in [2.75, 3.05) is 50.1 Å². The monoisotopic (exact) mass is 311 g/mol. The lowest BCUT2D eigenvalue weighted by Gasteiger charge is -2.34. The lowest BCUT2D eigenvalue weighted by atomic mass is 10.1. The summed E-state index contributed by atoms with van der Waals surface area (Å²) in [4.78, 5) is 27.1. The molecule has 0 atom stereocenters. The van der Waals surface area contributed by atoms with E-state index < -0.39 is 0 Å². The van der Waals surface area contributed by atoms with Gasteiger partial charge in [-0.05, 0) is 30.3 Å². The molecule has 6 nitrogen and oxygen atoms in total. The molecule has 0 bridgehead atoms. The van der Waals surface area contributed by atoms with E-state index in [9.17, 15) is 4.79 Å². The van der Waals surface area contributed by atoms with Crippen molar-refractivity contribution >= 4 is 17.5 Å². The molecule has 1 aromatic heterocycles. The van der Waals surface area contributed by atoms with Crippen LogP contribution in [0.1, 0.15) is 10.4 Å². The van der Waals surface area contributed by atoms with Gasteiger partial charge in [-0.25, -0.2) is 9.97 Å². The normalized spacial score (nSPS) is 14.7. The molecule has 1 amide bonds. The molecule has 0 unspecified atom stereocenters. The molecular weight excluding hydrogens is 290 g/mol. The minimum Gasteiger partial charge on any atom is -0.378 e. The van der Waals surface area contributed by atoms with Gasteiger partial charge in [-0.1, -0.05) is 0 Å². The fourth-order valence-corrected chi connectivity index (χ4v) is 2.65. The molecular formula is C17H21N5O. The van der Waals surface area contributed by atoms with Gasteiger partial charge in [0.05, 0.1) is 0 Å². The molecule has 0 radical (unpaired) electrons. The van der Waals surface area contributed by atoms with E-state index in [1.165, 1.54) is 0 Å². The predicted octanol–water partition coefficient (Wildman–Crippen LogP) is 1.50. The van der Waals surface area contributed by atoms with Gasteiger partial charge in [-0.15, -0.1) is 0 Å². The summed E-state index contributed by atoms with van der Waals surface area (Å²) < 4.78 is 0. The third kappa shape index (κ3) is 3.41. The van der Waals surface area contributed by atoms with Crippen molar-refractivity contribution in [3.8, 4) is 0 Å². The highest BCUT2D eigenvalue weighted by atomic mass is 16.2. The quantitative estimate of drug-likeness (QED) is 0.860. The van der Waals surface area contributed by atoms with Crippen LogP contribution in [0.4, 0.5) is 11.6 Å². The van der Waals surface area contributed by atoms with Gasteiger partial charge >= 0.3 is 0 Å².